The van der Waals surface area contributed by atoms with Crippen molar-refractivity contribution in [2.24, 2.45) is 0 Å². The van der Waals surface area contributed by atoms with Gasteiger partial charge in [0, 0.05) is 11.1 Å². The fraction of sp³-hybridized carbons (Fsp3) is 0.571. The van der Waals surface area contributed by atoms with Gasteiger partial charge in [-0.05, 0) is 57.0 Å². The molecule has 94 valence electrons. The highest BCUT2D eigenvalue weighted by molar-refractivity contribution is 6.30. The Hall–Kier alpha value is -0.570. The molecule has 3 heteroatoms. The van der Waals surface area contributed by atoms with Crippen molar-refractivity contribution in [2.75, 3.05) is 14.1 Å². The van der Waals surface area contributed by atoms with Crippen molar-refractivity contribution in [1.29, 1.82) is 0 Å². The molecule has 0 aromatic heterocycles. The summed E-state index contributed by atoms with van der Waals surface area (Å²) in [6.07, 6.45) is 2.74. The van der Waals surface area contributed by atoms with Crippen LogP contribution in [0.4, 0.5) is 0 Å². The first-order valence-corrected chi connectivity index (χ1v) is 6.55. The summed E-state index contributed by atoms with van der Waals surface area (Å²) < 4.78 is 0. The van der Waals surface area contributed by atoms with Crippen LogP contribution in [0.3, 0.4) is 0 Å². The SMILES string of the molecule is CN(C)[C@H]1C[C@@H](c2cccc(Cl)c2)CC[C@@H]1O. The molecule has 0 bridgehead atoms. The third-order valence-corrected chi connectivity index (χ3v) is 4.00. The minimum absolute atomic E-state index is 0.194. The van der Waals surface area contributed by atoms with Crippen molar-refractivity contribution in [3.8, 4) is 0 Å². The fourth-order valence-electron chi connectivity index (χ4n) is 2.75. The maximum atomic E-state index is 9.99. The van der Waals surface area contributed by atoms with Gasteiger partial charge < -0.3 is 10.0 Å². The lowest BCUT2D eigenvalue weighted by molar-refractivity contribution is 0.0365. The van der Waals surface area contributed by atoms with E-state index in [0.717, 1.165) is 24.3 Å². The highest BCUT2D eigenvalue weighted by atomic mass is 35.5. The zero-order valence-electron chi connectivity index (χ0n) is 10.4. The summed E-state index contributed by atoms with van der Waals surface area (Å²) in [6.45, 7) is 0. The van der Waals surface area contributed by atoms with Crippen LogP contribution in [-0.4, -0.2) is 36.2 Å². The largest absolute Gasteiger partial charge is 0.391 e. The predicted octanol–water partition coefficient (Wildman–Crippen LogP) is 2.90. The highest BCUT2D eigenvalue weighted by Gasteiger charge is 2.31. The number of hydrogen-bond donors (Lipinski definition) is 1. The molecule has 3 atom stereocenters. The van der Waals surface area contributed by atoms with Gasteiger partial charge in [0.25, 0.3) is 0 Å². The highest BCUT2D eigenvalue weighted by Crippen LogP contribution is 2.35. The molecular formula is C14H20ClNO. The van der Waals surface area contributed by atoms with E-state index in [0.29, 0.717) is 5.92 Å². The van der Waals surface area contributed by atoms with Gasteiger partial charge in [-0.2, -0.15) is 0 Å². The van der Waals surface area contributed by atoms with Crippen molar-refractivity contribution in [3.05, 3.63) is 34.9 Å². The van der Waals surface area contributed by atoms with Gasteiger partial charge in [0.05, 0.1) is 6.10 Å². The van der Waals surface area contributed by atoms with Crippen LogP contribution < -0.4 is 0 Å². The van der Waals surface area contributed by atoms with Crippen molar-refractivity contribution >= 4 is 11.6 Å². The molecule has 1 N–H and O–H groups in total. The lowest BCUT2D eigenvalue weighted by Crippen LogP contribution is -2.43. The monoisotopic (exact) mass is 253 g/mol. The smallest absolute Gasteiger partial charge is 0.0695 e. The average molecular weight is 254 g/mol. The van der Waals surface area contributed by atoms with Gasteiger partial charge >= 0.3 is 0 Å². The number of aliphatic hydroxyl groups is 1. The Kier molecular flexibility index (Phi) is 4.08. The molecular weight excluding hydrogens is 234 g/mol. The zero-order chi connectivity index (χ0) is 12.4. The third kappa shape index (κ3) is 3.01. The molecule has 1 aromatic rings. The Labute approximate surface area is 108 Å². The number of halogens is 1. The Morgan fingerprint density at radius 3 is 2.71 bits per heavy atom. The summed E-state index contributed by atoms with van der Waals surface area (Å²) in [5, 5.41) is 10.8. The third-order valence-electron chi connectivity index (χ3n) is 3.76. The van der Waals surface area contributed by atoms with E-state index in [9.17, 15) is 5.11 Å². The molecule has 0 radical (unpaired) electrons. The second kappa shape index (κ2) is 5.38. The van der Waals surface area contributed by atoms with Crippen LogP contribution in [0.2, 0.25) is 5.02 Å². The first-order chi connectivity index (χ1) is 8.08. The lowest BCUT2D eigenvalue weighted by Gasteiger charge is -2.37. The molecule has 2 rings (SSSR count). The molecule has 0 aliphatic heterocycles. The van der Waals surface area contributed by atoms with Crippen LogP contribution >= 0.6 is 11.6 Å². The average Bonchev–Trinajstić information content (AvgIpc) is 2.29. The number of nitrogens with zero attached hydrogens (tertiary/aromatic N) is 1. The van der Waals surface area contributed by atoms with E-state index in [4.69, 9.17) is 11.6 Å². The Morgan fingerprint density at radius 2 is 2.06 bits per heavy atom. The van der Waals surface area contributed by atoms with E-state index in [1.54, 1.807) is 0 Å². The number of likely N-dealkylation sites (N-methyl/N-ethyl adjacent to an activating group) is 1. The van der Waals surface area contributed by atoms with Crippen LogP contribution in [0.5, 0.6) is 0 Å². The van der Waals surface area contributed by atoms with E-state index in [1.807, 2.05) is 26.2 Å². The van der Waals surface area contributed by atoms with Gasteiger partial charge in [-0.25, -0.2) is 0 Å². The normalized spacial score (nSPS) is 29.6. The Morgan fingerprint density at radius 1 is 1.29 bits per heavy atom. The molecule has 2 nitrogen and oxygen atoms in total. The van der Waals surface area contributed by atoms with E-state index < -0.39 is 0 Å². The van der Waals surface area contributed by atoms with E-state index >= 15 is 0 Å². The summed E-state index contributed by atoms with van der Waals surface area (Å²) in [7, 11) is 4.07. The molecule has 1 saturated carbocycles. The van der Waals surface area contributed by atoms with Gasteiger partial charge in [-0.1, -0.05) is 23.7 Å². The minimum Gasteiger partial charge on any atom is -0.391 e. The maximum absolute atomic E-state index is 9.99. The molecule has 1 aliphatic rings. The van der Waals surface area contributed by atoms with Crippen LogP contribution in [0, 0.1) is 0 Å². The van der Waals surface area contributed by atoms with Crippen LogP contribution in [0.15, 0.2) is 24.3 Å². The molecule has 0 unspecified atom stereocenters. The molecule has 0 amide bonds. The van der Waals surface area contributed by atoms with Crippen molar-refractivity contribution < 1.29 is 5.11 Å². The van der Waals surface area contributed by atoms with E-state index in [-0.39, 0.29) is 12.1 Å². The topological polar surface area (TPSA) is 23.5 Å². The summed E-state index contributed by atoms with van der Waals surface area (Å²) in [5.41, 5.74) is 1.30. The summed E-state index contributed by atoms with van der Waals surface area (Å²) >= 11 is 6.03. The van der Waals surface area contributed by atoms with Crippen LogP contribution in [0.1, 0.15) is 30.7 Å². The molecule has 0 saturated heterocycles. The molecule has 17 heavy (non-hydrogen) atoms. The molecule has 0 spiro atoms. The molecule has 1 aliphatic carbocycles. The summed E-state index contributed by atoms with van der Waals surface area (Å²) in [6, 6.07) is 8.37. The second-order valence-corrected chi connectivity index (χ2v) is 5.60. The molecule has 1 aromatic carbocycles. The van der Waals surface area contributed by atoms with Gasteiger partial charge in [0.2, 0.25) is 0 Å². The predicted molar refractivity (Wildman–Crippen MR) is 71.5 cm³/mol. The Bertz CT molecular complexity index is 380. The van der Waals surface area contributed by atoms with E-state index in [1.165, 1.54) is 5.56 Å². The van der Waals surface area contributed by atoms with Crippen LogP contribution in [-0.2, 0) is 0 Å². The number of aliphatic hydroxyl groups excluding tert-OH is 1. The number of hydrogen-bond acceptors (Lipinski definition) is 2. The first kappa shape index (κ1) is 12.9. The number of benzene rings is 1. The quantitative estimate of drug-likeness (QED) is 0.876. The summed E-state index contributed by atoms with van der Waals surface area (Å²) in [4.78, 5) is 2.13. The van der Waals surface area contributed by atoms with Crippen molar-refractivity contribution in [1.82, 2.24) is 4.90 Å². The molecule has 0 heterocycles. The zero-order valence-corrected chi connectivity index (χ0v) is 11.2. The van der Waals surface area contributed by atoms with Crippen molar-refractivity contribution in [2.45, 2.75) is 37.3 Å². The minimum atomic E-state index is -0.194. The lowest BCUT2D eigenvalue weighted by atomic mass is 9.79. The standard InChI is InChI=1S/C14H20ClNO/c1-16(2)13-9-11(6-7-14(13)17)10-4-3-5-12(15)8-10/h3-5,8,11,13-14,17H,6-7,9H2,1-2H3/t11-,13-,14-/m0/s1. The van der Waals surface area contributed by atoms with Gasteiger partial charge in [0.1, 0.15) is 0 Å². The van der Waals surface area contributed by atoms with Gasteiger partial charge in [0.15, 0.2) is 0 Å². The second-order valence-electron chi connectivity index (χ2n) is 5.16. The van der Waals surface area contributed by atoms with E-state index in [2.05, 4.69) is 17.0 Å². The van der Waals surface area contributed by atoms with Gasteiger partial charge in [-0.3, -0.25) is 0 Å². The van der Waals surface area contributed by atoms with Crippen LogP contribution in [0.25, 0.3) is 0 Å². The molecule has 1 fully saturated rings. The maximum Gasteiger partial charge on any atom is 0.0695 e. The number of rotatable bonds is 2. The fourth-order valence-corrected chi connectivity index (χ4v) is 2.95. The Balaban J connectivity index is 2.13. The van der Waals surface area contributed by atoms with Crippen molar-refractivity contribution in [3.63, 3.8) is 0 Å². The van der Waals surface area contributed by atoms with Gasteiger partial charge in [-0.15, -0.1) is 0 Å². The summed E-state index contributed by atoms with van der Waals surface area (Å²) in [5.74, 6) is 0.518. The first-order valence-electron chi connectivity index (χ1n) is 6.18.